The standard InChI is InChI=1S/C12H19N3O4/c1-19-12(18)14-10-6-9(2-3-11(16)17)7-15(8-10)5-4-13/h9-10H,2-3,5-8H2,1H3,(H,14,18)(H,16,17). The molecule has 0 aromatic carbocycles. The smallest absolute Gasteiger partial charge is 0.407 e. The predicted molar refractivity (Wildman–Crippen MR) is 66.4 cm³/mol. The predicted octanol–water partition coefficient (Wildman–Crippen LogP) is 0.421. The Balaban J connectivity index is 2.54. The molecule has 0 aromatic heterocycles. The number of carboxylic acid groups (broad SMARTS) is 1. The third kappa shape index (κ3) is 5.57. The Morgan fingerprint density at radius 3 is 2.84 bits per heavy atom. The number of nitrogens with one attached hydrogen (secondary N) is 1. The number of piperidine rings is 1. The van der Waals surface area contributed by atoms with E-state index in [1.165, 1.54) is 7.11 Å². The minimum Gasteiger partial charge on any atom is -0.481 e. The molecule has 2 atom stereocenters. The number of likely N-dealkylation sites (tertiary alicyclic amines) is 1. The molecule has 1 amide bonds. The van der Waals surface area contributed by atoms with Gasteiger partial charge in [-0.25, -0.2) is 4.79 Å². The number of carboxylic acids is 1. The van der Waals surface area contributed by atoms with E-state index >= 15 is 0 Å². The molecule has 1 saturated heterocycles. The van der Waals surface area contributed by atoms with Gasteiger partial charge in [0.2, 0.25) is 0 Å². The lowest BCUT2D eigenvalue weighted by molar-refractivity contribution is -0.137. The summed E-state index contributed by atoms with van der Waals surface area (Å²) in [6.07, 6.45) is 0.873. The molecule has 7 nitrogen and oxygen atoms in total. The highest BCUT2D eigenvalue weighted by Gasteiger charge is 2.28. The largest absolute Gasteiger partial charge is 0.481 e. The van der Waals surface area contributed by atoms with Crippen molar-refractivity contribution < 1.29 is 19.4 Å². The number of hydrogen-bond acceptors (Lipinski definition) is 5. The number of nitriles is 1. The Bertz CT molecular complexity index is 366. The zero-order valence-corrected chi connectivity index (χ0v) is 11.0. The molecule has 106 valence electrons. The molecule has 1 heterocycles. The molecule has 0 spiro atoms. The van der Waals surface area contributed by atoms with Gasteiger partial charge in [-0.3, -0.25) is 9.69 Å². The summed E-state index contributed by atoms with van der Waals surface area (Å²) in [5.74, 6) is -0.657. The third-order valence-corrected chi connectivity index (χ3v) is 3.18. The summed E-state index contributed by atoms with van der Waals surface area (Å²) in [5, 5.41) is 20.2. The van der Waals surface area contributed by atoms with E-state index in [4.69, 9.17) is 10.4 Å². The molecule has 7 heteroatoms. The average molecular weight is 269 g/mol. The van der Waals surface area contributed by atoms with Gasteiger partial charge in [0.05, 0.1) is 19.7 Å². The highest BCUT2D eigenvalue weighted by molar-refractivity contribution is 5.67. The van der Waals surface area contributed by atoms with E-state index in [0.29, 0.717) is 25.9 Å². The highest BCUT2D eigenvalue weighted by atomic mass is 16.5. The van der Waals surface area contributed by atoms with Crippen LogP contribution in [0.4, 0.5) is 4.79 Å². The van der Waals surface area contributed by atoms with Crippen molar-refractivity contribution in [2.75, 3.05) is 26.7 Å². The SMILES string of the molecule is COC(=O)NC1CC(CCC(=O)O)CN(CC#N)C1. The minimum atomic E-state index is -0.824. The molecule has 0 aromatic rings. The van der Waals surface area contributed by atoms with Gasteiger partial charge in [-0.05, 0) is 18.8 Å². The van der Waals surface area contributed by atoms with Crippen LogP contribution in [0.25, 0.3) is 0 Å². The number of alkyl carbamates (subject to hydrolysis) is 1. The first-order chi connectivity index (χ1) is 9.05. The van der Waals surface area contributed by atoms with Gasteiger partial charge in [-0.15, -0.1) is 0 Å². The Hall–Kier alpha value is -1.81. The lowest BCUT2D eigenvalue weighted by Gasteiger charge is -2.36. The summed E-state index contributed by atoms with van der Waals surface area (Å²) in [4.78, 5) is 23.7. The third-order valence-electron chi connectivity index (χ3n) is 3.18. The number of carbonyl (C=O) groups excluding carboxylic acids is 1. The van der Waals surface area contributed by atoms with E-state index in [2.05, 4.69) is 16.1 Å². The quantitative estimate of drug-likeness (QED) is 0.701. The van der Waals surface area contributed by atoms with Crippen molar-refractivity contribution in [3.63, 3.8) is 0 Å². The van der Waals surface area contributed by atoms with Gasteiger partial charge in [0.25, 0.3) is 0 Å². The fourth-order valence-electron chi connectivity index (χ4n) is 2.40. The van der Waals surface area contributed by atoms with Gasteiger partial charge >= 0.3 is 12.1 Å². The Labute approximate surface area is 112 Å². The number of methoxy groups -OCH3 is 1. The maximum Gasteiger partial charge on any atom is 0.407 e. The summed E-state index contributed by atoms with van der Waals surface area (Å²) in [7, 11) is 1.30. The van der Waals surface area contributed by atoms with Crippen LogP contribution in [0, 0.1) is 17.2 Å². The number of carbonyl (C=O) groups is 2. The van der Waals surface area contributed by atoms with Crippen molar-refractivity contribution in [2.45, 2.75) is 25.3 Å². The van der Waals surface area contributed by atoms with Crippen LogP contribution < -0.4 is 5.32 Å². The molecule has 0 saturated carbocycles. The van der Waals surface area contributed by atoms with Gasteiger partial charge < -0.3 is 15.2 Å². The summed E-state index contributed by atoms with van der Waals surface area (Å²) in [6, 6.07) is 1.97. The molecule has 1 rings (SSSR count). The number of aliphatic carboxylic acids is 1. The van der Waals surface area contributed by atoms with Gasteiger partial charge in [0.15, 0.2) is 0 Å². The van der Waals surface area contributed by atoms with Crippen LogP contribution in [-0.4, -0.2) is 54.9 Å². The molecule has 2 N–H and O–H groups in total. The van der Waals surface area contributed by atoms with Crippen LogP contribution in [0.2, 0.25) is 0 Å². The normalized spacial score (nSPS) is 23.4. The first-order valence-corrected chi connectivity index (χ1v) is 6.20. The second-order valence-electron chi connectivity index (χ2n) is 4.72. The summed E-state index contributed by atoms with van der Waals surface area (Å²) in [6.45, 7) is 1.56. The van der Waals surface area contributed by atoms with E-state index in [1.54, 1.807) is 0 Å². The number of ether oxygens (including phenoxy) is 1. The Kier molecular flexibility index (Phi) is 6.09. The van der Waals surface area contributed by atoms with Crippen LogP contribution in [0.5, 0.6) is 0 Å². The second kappa shape index (κ2) is 7.59. The molecule has 1 fully saturated rings. The van der Waals surface area contributed by atoms with Crippen molar-refractivity contribution in [3.8, 4) is 6.07 Å². The van der Waals surface area contributed by atoms with Crippen molar-refractivity contribution in [1.29, 1.82) is 5.26 Å². The topological polar surface area (TPSA) is 103 Å². The van der Waals surface area contributed by atoms with E-state index in [-0.39, 0.29) is 24.9 Å². The minimum absolute atomic E-state index is 0.103. The molecule has 0 bridgehead atoms. The van der Waals surface area contributed by atoms with Gasteiger partial charge in [0, 0.05) is 25.6 Å². The molecule has 1 aliphatic heterocycles. The first-order valence-electron chi connectivity index (χ1n) is 6.20. The van der Waals surface area contributed by atoms with Gasteiger partial charge in [0.1, 0.15) is 0 Å². The molecule has 1 aliphatic rings. The maximum absolute atomic E-state index is 11.2. The molecule has 2 unspecified atom stereocenters. The summed E-state index contributed by atoms with van der Waals surface area (Å²) >= 11 is 0. The lowest BCUT2D eigenvalue weighted by Crippen LogP contribution is -2.50. The van der Waals surface area contributed by atoms with E-state index in [0.717, 1.165) is 0 Å². The van der Waals surface area contributed by atoms with Crippen molar-refractivity contribution in [3.05, 3.63) is 0 Å². The zero-order chi connectivity index (χ0) is 14.3. The zero-order valence-electron chi connectivity index (χ0n) is 11.0. The average Bonchev–Trinajstić information content (AvgIpc) is 2.36. The van der Waals surface area contributed by atoms with Gasteiger partial charge in [-0.2, -0.15) is 5.26 Å². The number of hydrogen-bond donors (Lipinski definition) is 2. The van der Waals surface area contributed by atoms with Gasteiger partial charge in [-0.1, -0.05) is 0 Å². The molecule has 19 heavy (non-hydrogen) atoms. The molecular weight excluding hydrogens is 250 g/mol. The fraction of sp³-hybridized carbons (Fsp3) is 0.750. The number of nitrogens with zero attached hydrogens (tertiary/aromatic N) is 2. The van der Waals surface area contributed by atoms with E-state index in [1.807, 2.05) is 4.90 Å². The summed E-state index contributed by atoms with van der Waals surface area (Å²) < 4.78 is 4.55. The van der Waals surface area contributed by atoms with Crippen molar-refractivity contribution in [1.82, 2.24) is 10.2 Å². The first kappa shape index (κ1) is 15.2. The lowest BCUT2D eigenvalue weighted by atomic mass is 9.90. The van der Waals surface area contributed by atoms with E-state index in [9.17, 15) is 9.59 Å². The fourth-order valence-corrected chi connectivity index (χ4v) is 2.40. The second-order valence-corrected chi connectivity index (χ2v) is 4.72. The van der Waals surface area contributed by atoms with Crippen LogP contribution in [0.15, 0.2) is 0 Å². The maximum atomic E-state index is 11.2. The van der Waals surface area contributed by atoms with Crippen LogP contribution in [-0.2, 0) is 9.53 Å². The van der Waals surface area contributed by atoms with Crippen molar-refractivity contribution in [2.24, 2.45) is 5.92 Å². The highest BCUT2D eigenvalue weighted by Crippen LogP contribution is 2.21. The Morgan fingerprint density at radius 2 is 2.26 bits per heavy atom. The Morgan fingerprint density at radius 1 is 1.53 bits per heavy atom. The molecule has 0 aliphatic carbocycles. The number of amides is 1. The van der Waals surface area contributed by atoms with E-state index < -0.39 is 12.1 Å². The number of rotatable bonds is 5. The molecule has 0 radical (unpaired) electrons. The monoisotopic (exact) mass is 269 g/mol. The van der Waals surface area contributed by atoms with Crippen LogP contribution in [0.1, 0.15) is 19.3 Å². The summed E-state index contributed by atoms with van der Waals surface area (Å²) in [5.41, 5.74) is 0. The van der Waals surface area contributed by atoms with Crippen molar-refractivity contribution >= 4 is 12.1 Å². The molecular formula is C12H19N3O4. The van der Waals surface area contributed by atoms with Crippen LogP contribution in [0.3, 0.4) is 0 Å². The van der Waals surface area contributed by atoms with Crippen LogP contribution >= 0.6 is 0 Å².